The van der Waals surface area contributed by atoms with Crippen molar-refractivity contribution in [2.45, 2.75) is 6.92 Å². The van der Waals surface area contributed by atoms with Gasteiger partial charge in [0.1, 0.15) is 0 Å². The quantitative estimate of drug-likeness (QED) is 0.731. The molecule has 5 nitrogen and oxygen atoms in total. The molecule has 0 saturated carbocycles. The van der Waals surface area contributed by atoms with Crippen LogP contribution in [0.2, 0.25) is 0 Å². The minimum atomic E-state index is 0. The SMILES string of the molecule is [C-]#[N+]c1c(Nc2ccc(C)cc2)nn2c[c-]cnc12.[Y]. The van der Waals surface area contributed by atoms with Gasteiger partial charge in [0.15, 0.2) is 11.5 Å². The number of fused-ring (bicyclic) bond motifs is 1. The van der Waals surface area contributed by atoms with Crippen LogP contribution in [0.1, 0.15) is 5.56 Å². The minimum Gasteiger partial charge on any atom is -0.434 e. The summed E-state index contributed by atoms with van der Waals surface area (Å²) in [6.45, 7) is 9.29. The molecule has 0 spiro atoms. The van der Waals surface area contributed by atoms with Gasteiger partial charge in [-0.2, -0.15) is 11.3 Å². The van der Waals surface area contributed by atoms with Crippen LogP contribution in [0.25, 0.3) is 10.5 Å². The largest absolute Gasteiger partial charge is 0.434 e. The van der Waals surface area contributed by atoms with E-state index in [4.69, 9.17) is 6.57 Å². The number of aromatic nitrogens is 3. The zero-order chi connectivity index (χ0) is 13.2. The summed E-state index contributed by atoms with van der Waals surface area (Å²) >= 11 is 0. The first-order valence-corrected chi connectivity index (χ1v) is 5.73. The van der Waals surface area contributed by atoms with Gasteiger partial charge in [-0.05, 0) is 19.1 Å². The van der Waals surface area contributed by atoms with Gasteiger partial charge in [-0.1, -0.05) is 17.7 Å². The molecule has 1 radical (unpaired) electrons. The molecule has 0 unspecified atom stereocenters. The van der Waals surface area contributed by atoms with E-state index in [1.54, 1.807) is 10.7 Å². The Labute approximate surface area is 141 Å². The van der Waals surface area contributed by atoms with Crippen molar-refractivity contribution in [3.05, 3.63) is 59.7 Å². The summed E-state index contributed by atoms with van der Waals surface area (Å²) in [5, 5.41) is 7.44. The van der Waals surface area contributed by atoms with Crippen molar-refractivity contribution in [3.63, 3.8) is 0 Å². The zero-order valence-electron chi connectivity index (χ0n) is 10.8. The maximum absolute atomic E-state index is 7.26. The first-order valence-electron chi connectivity index (χ1n) is 5.73. The molecule has 1 aromatic carbocycles. The molecule has 6 heteroatoms. The first-order chi connectivity index (χ1) is 9.28. The Morgan fingerprint density at radius 3 is 2.75 bits per heavy atom. The number of rotatable bonds is 2. The fourth-order valence-corrected chi connectivity index (χ4v) is 1.79. The van der Waals surface area contributed by atoms with Crippen LogP contribution in [0.3, 0.4) is 0 Å². The summed E-state index contributed by atoms with van der Waals surface area (Å²) in [5.41, 5.74) is 3.02. The van der Waals surface area contributed by atoms with Crippen molar-refractivity contribution in [2.24, 2.45) is 0 Å². The maximum atomic E-state index is 7.26. The van der Waals surface area contributed by atoms with Gasteiger partial charge >= 0.3 is 0 Å². The average molecular weight is 337 g/mol. The van der Waals surface area contributed by atoms with Crippen LogP contribution in [0.5, 0.6) is 0 Å². The monoisotopic (exact) mass is 337 g/mol. The third-order valence-electron chi connectivity index (χ3n) is 2.75. The number of nitrogens with zero attached hydrogens (tertiary/aromatic N) is 4. The molecular weight excluding hydrogens is 327 g/mol. The summed E-state index contributed by atoms with van der Waals surface area (Å²) < 4.78 is 1.55. The molecule has 3 rings (SSSR count). The van der Waals surface area contributed by atoms with Crippen molar-refractivity contribution in [3.8, 4) is 0 Å². The molecule has 0 fully saturated rings. The Bertz CT molecular complexity index is 770. The van der Waals surface area contributed by atoms with Gasteiger partial charge < -0.3 is 11.4 Å². The topological polar surface area (TPSA) is 46.6 Å². The van der Waals surface area contributed by atoms with Gasteiger partial charge in [0.2, 0.25) is 0 Å². The van der Waals surface area contributed by atoms with E-state index in [0.717, 1.165) is 5.69 Å². The zero-order valence-corrected chi connectivity index (χ0v) is 13.7. The van der Waals surface area contributed by atoms with Crippen molar-refractivity contribution in [1.82, 2.24) is 14.6 Å². The van der Waals surface area contributed by atoms with E-state index < -0.39 is 0 Å². The smallest absolute Gasteiger partial charge is 0.273 e. The van der Waals surface area contributed by atoms with Crippen LogP contribution in [0, 0.1) is 19.6 Å². The molecule has 0 amide bonds. The molecule has 1 N–H and O–H groups in total. The molecule has 0 aliphatic carbocycles. The van der Waals surface area contributed by atoms with Crippen molar-refractivity contribution < 1.29 is 32.7 Å². The summed E-state index contributed by atoms with van der Waals surface area (Å²) in [6, 6.07) is 10.7. The number of benzene rings is 1. The van der Waals surface area contributed by atoms with E-state index in [-0.39, 0.29) is 32.7 Å². The van der Waals surface area contributed by atoms with Crippen LogP contribution in [-0.2, 0) is 32.7 Å². The molecule has 0 aliphatic rings. The van der Waals surface area contributed by atoms with Crippen molar-refractivity contribution >= 4 is 22.8 Å². The first kappa shape index (κ1) is 14.6. The van der Waals surface area contributed by atoms with E-state index >= 15 is 0 Å². The summed E-state index contributed by atoms with van der Waals surface area (Å²) in [7, 11) is 0. The van der Waals surface area contributed by atoms with Gasteiger partial charge in [0.05, 0.1) is 6.57 Å². The Balaban J connectivity index is 0.00000147. The van der Waals surface area contributed by atoms with Gasteiger partial charge in [-0.25, -0.2) is 4.85 Å². The van der Waals surface area contributed by atoms with Gasteiger partial charge in [-0.3, -0.25) is 9.50 Å². The van der Waals surface area contributed by atoms with Crippen molar-refractivity contribution in [1.29, 1.82) is 0 Å². The molecule has 95 valence electrons. The predicted molar refractivity (Wildman–Crippen MR) is 72.5 cm³/mol. The van der Waals surface area contributed by atoms with Gasteiger partial charge in [0.25, 0.3) is 5.69 Å². The Hall–Kier alpha value is -1.77. The molecule has 0 aliphatic heterocycles. The predicted octanol–water partition coefficient (Wildman–Crippen LogP) is 3.13. The Morgan fingerprint density at radius 1 is 1.30 bits per heavy atom. The molecule has 2 aromatic heterocycles. The van der Waals surface area contributed by atoms with E-state index in [1.165, 1.54) is 11.8 Å². The van der Waals surface area contributed by atoms with Crippen LogP contribution >= 0.6 is 0 Å². The molecule has 0 atom stereocenters. The number of anilines is 2. The van der Waals surface area contributed by atoms with Gasteiger partial charge in [0, 0.05) is 38.4 Å². The second-order valence-electron chi connectivity index (χ2n) is 4.12. The second-order valence-corrected chi connectivity index (χ2v) is 4.12. The fraction of sp³-hybridized carbons (Fsp3) is 0.0714. The van der Waals surface area contributed by atoms with Crippen LogP contribution in [-0.4, -0.2) is 14.6 Å². The molecule has 0 saturated heterocycles. The Kier molecular flexibility index (Phi) is 4.48. The van der Waals surface area contributed by atoms with Gasteiger partial charge in [-0.15, -0.1) is 6.20 Å². The maximum Gasteiger partial charge on any atom is 0.273 e. The summed E-state index contributed by atoms with van der Waals surface area (Å²) in [5.74, 6) is 0.506. The molecular formula is C14H10N5Y-. The second kappa shape index (κ2) is 6.12. The minimum absolute atomic E-state index is 0. The average Bonchev–Trinajstić information content (AvgIpc) is 2.78. The number of hydrogen-bond acceptors (Lipinski definition) is 3. The third kappa shape index (κ3) is 2.72. The fourth-order valence-electron chi connectivity index (χ4n) is 1.79. The molecule has 0 bridgehead atoms. The number of aryl methyl sites for hydroxylation is 1. The normalized spacial score (nSPS) is 9.80. The number of hydrogen-bond donors (Lipinski definition) is 1. The molecule has 20 heavy (non-hydrogen) atoms. The van der Waals surface area contributed by atoms with E-state index in [0.29, 0.717) is 17.2 Å². The van der Waals surface area contributed by atoms with E-state index in [2.05, 4.69) is 26.3 Å². The van der Waals surface area contributed by atoms with Crippen LogP contribution in [0.4, 0.5) is 17.2 Å². The Morgan fingerprint density at radius 2 is 2.05 bits per heavy atom. The van der Waals surface area contributed by atoms with Crippen LogP contribution < -0.4 is 5.32 Å². The summed E-state index contributed by atoms with van der Waals surface area (Å²) in [4.78, 5) is 7.62. The van der Waals surface area contributed by atoms with Crippen LogP contribution in [0.15, 0.2) is 36.7 Å². The standard InChI is InChI=1S/C14H10N5.Y/c1-10-4-6-11(7-5-10)17-13-12(15-2)14-16-8-3-9-19(14)18-13;/h4-9H,1H3,(H,17,18);/q-1;. The van der Waals surface area contributed by atoms with E-state index in [1.807, 2.05) is 31.2 Å². The van der Waals surface area contributed by atoms with Crippen molar-refractivity contribution in [2.75, 3.05) is 5.32 Å². The molecule has 3 aromatic rings. The van der Waals surface area contributed by atoms with E-state index in [9.17, 15) is 0 Å². The third-order valence-corrected chi connectivity index (χ3v) is 2.75. The number of nitrogens with one attached hydrogen (secondary N) is 1. The molecule has 2 heterocycles. The summed E-state index contributed by atoms with van der Waals surface area (Å²) in [6.07, 6.45) is 3.18.